The molecule has 1 N–H and O–H groups in total. The Morgan fingerprint density at radius 1 is 0.933 bits per heavy atom. The molecule has 4 aromatic rings. The van der Waals surface area contributed by atoms with Gasteiger partial charge in [-0.25, -0.2) is 13.0 Å². The van der Waals surface area contributed by atoms with Crippen molar-refractivity contribution in [2.24, 2.45) is 0 Å². The van der Waals surface area contributed by atoms with Gasteiger partial charge < -0.3 is 10.2 Å². The summed E-state index contributed by atoms with van der Waals surface area (Å²) in [5.41, 5.74) is 1.26. The molecule has 0 spiro atoms. The highest BCUT2D eigenvalue weighted by Crippen LogP contribution is 2.37. The number of alkyl halides is 2. The molecule has 5 rings (SSSR count). The van der Waals surface area contributed by atoms with Crippen molar-refractivity contribution in [1.82, 2.24) is 9.29 Å². The van der Waals surface area contributed by atoms with Crippen LogP contribution in [-0.2, 0) is 11.0 Å². The molecule has 1 aromatic heterocycles. The van der Waals surface area contributed by atoms with E-state index in [0.717, 1.165) is 42.6 Å². The van der Waals surface area contributed by atoms with Gasteiger partial charge >= 0.3 is 0 Å². The maximum absolute atomic E-state index is 14.0. The van der Waals surface area contributed by atoms with Gasteiger partial charge in [0.1, 0.15) is 0 Å². The highest BCUT2D eigenvalue weighted by atomic mass is 32.2. The zero-order valence-electron chi connectivity index (χ0n) is 16.2. The number of fused-ring (bicyclic) bond motifs is 2. The summed E-state index contributed by atoms with van der Waals surface area (Å²) in [5.74, 6) is 0. The smallest absolute Gasteiger partial charge is 0.266 e. The van der Waals surface area contributed by atoms with Crippen LogP contribution in [0.25, 0.3) is 21.7 Å². The second-order valence-corrected chi connectivity index (χ2v) is 8.74. The molecule has 0 aliphatic carbocycles. The lowest BCUT2D eigenvalue weighted by atomic mass is 10.1. The third-order valence-electron chi connectivity index (χ3n) is 5.60. The van der Waals surface area contributed by atoms with Gasteiger partial charge in [0.05, 0.1) is 10.4 Å². The molecule has 1 atom stereocenters. The maximum Gasteiger partial charge on any atom is 0.266 e. The summed E-state index contributed by atoms with van der Waals surface area (Å²) in [5, 5.41) is 5.79. The van der Waals surface area contributed by atoms with Crippen molar-refractivity contribution in [1.29, 1.82) is 0 Å². The van der Waals surface area contributed by atoms with Crippen molar-refractivity contribution in [2.45, 2.75) is 11.3 Å². The largest absolute Gasteiger partial charge is 0.368 e. The Bertz CT molecular complexity index is 1250. The molecule has 1 fully saturated rings. The Labute approximate surface area is 175 Å². The van der Waals surface area contributed by atoms with Crippen LogP contribution in [0.15, 0.2) is 71.8 Å². The van der Waals surface area contributed by atoms with Gasteiger partial charge in [0.25, 0.3) is 6.43 Å². The van der Waals surface area contributed by atoms with Gasteiger partial charge in [-0.2, -0.15) is 0 Å². The van der Waals surface area contributed by atoms with Crippen molar-refractivity contribution in [2.75, 3.05) is 31.1 Å². The Kier molecular flexibility index (Phi) is 5.00. The number of hydrogen-bond donors (Lipinski definition) is 1. The summed E-state index contributed by atoms with van der Waals surface area (Å²) in [4.78, 5) is 2.70. The quantitative estimate of drug-likeness (QED) is 0.514. The van der Waals surface area contributed by atoms with E-state index in [9.17, 15) is 13.0 Å². The molecular weight excluding hydrogens is 404 g/mol. The standard InChI is InChI=1S/C23H21F2N3OS/c24-23(25)19-15-28(30(29)18-9-8-16-4-1-2-5-17(16)14-18)21-7-3-6-20(22(19)21)27-12-10-26-11-13-27/h1-9,14-15,23,26H,10-13H2. The van der Waals surface area contributed by atoms with Crippen molar-refractivity contribution in [3.05, 3.63) is 72.4 Å². The van der Waals surface area contributed by atoms with E-state index in [1.165, 1.54) is 10.2 Å². The Morgan fingerprint density at radius 2 is 1.70 bits per heavy atom. The van der Waals surface area contributed by atoms with E-state index in [2.05, 4.69) is 10.2 Å². The number of piperazine rings is 1. The number of nitrogens with zero attached hydrogens (tertiary/aromatic N) is 2. The van der Waals surface area contributed by atoms with Crippen molar-refractivity contribution in [3.8, 4) is 0 Å². The molecule has 154 valence electrons. The van der Waals surface area contributed by atoms with E-state index in [1.807, 2.05) is 48.5 Å². The minimum atomic E-state index is -2.65. The number of hydrogen-bond acceptors (Lipinski definition) is 3. The first-order chi connectivity index (χ1) is 14.6. The summed E-state index contributed by atoms with van der Waals surface area (Å²) in [6, 6.07) is 18.9. The van der Waals surface area contributed by atoms with Crippen LogP contribution in [0.3, 0.4) is 0 Å². The fourth-order valence-corrected chi connectivity index (χ4v) is 5.31. The van der Waals surface area contributed by atoms with Crippen LogP contribution in [0.5, 0.6) is 0 Å². The molecule has 1 unspecified atom stereocenters. The molecule has 0 radical (unpaired) electrons. The minimum Gasteiger partial charge on any atom is -0.368 e. The molecule has 3 aromatic carbocycles. The van der Waals surface area contributed by atoms with Crippen molar-refractivity contribution >= 4 is 38.3 Å². The lowest BCUT2D eigenvalue weighted by Crippen LogP contribution is -2.43. The maximum atomic E-state index is 14.0. The normalized spacial score (nSPS) is 15.9. The van der Waals surface area contributed by atoms with Gasteiger partial charge in [0, 0.05) is 49.0 Å². The number of benzene rings is 3. The van der Waals surface area contributed by atoms with Gasteiger partial charge in [-0.15, -0.1) is 0 Å². The summed E-state index contributed by atoms with van der Waals surface area (Å²) < 4.78 is 42.9. The summed E-state index contributed by atoms with van der Waals surface area (Å²) in [7, 11) is -1.63. The first kappa shape index (κ1) is 19.2. The van der Waals surface area contributed by atoms with Crippen molar-refractivity contribution in [3.63, 3.8) is 0 Å². The first-order valence-electron chi connectivity index (χ1n) is 9.92. The summed E-state index contributed by atoms with van der Waals surface area (Å²) >= 11 is 0. The third kappa shape index (κ3) is 3.28. The van der Waals surface area contributed by atoms with Gasteiger partial charge in [0.15, 0.2) is 11.0 Å². The van der Waals surface area contributed by atoms with Crippen LogP contribution in [0.4, 0.5) is 14.5 Å². The molecule has 1 aliphatic rings. The van der Waals surface area contributed by atoms with Crippen LogP contribution in [0.1, 0.15) is 12.0 Å². The van der Waals surface area contributed by atoms with Crippen LogP contribution in [0, 0.1) is 0 Å². The monoisotopic (exact) mass is 425 g/mol. The van der Waals surface area contributed by atoms with Gasteiger partial charge in [-0.3, -0.25) is 3.97 Å². The Morgan fingerprint density at radius 3 is 2.47 bits per heavy atom. The SMILES string of the molecule is O=S(c1ccc2ccccc2c1)n1cc(C(F)F)c2c(N3CCNCC3)cccc21. The lowest BCUT2D eigenvalue weighted by molar-refractivity contribution is 0.153. The second-order valence-electron chi connectivity index (χ2n) is 7.38. The average molecular weight is 426 g/mol. The minimum absolute atomic E-state index is 0.0757. The number of rotatable bonds is 4. The predicted molar refractivity (Wildman–Crippen MR) is 118 cm³/mol. The van der Waals surface area contributed by atoms with Crippen LogP contribution >= 0.6 is 0 Å². The van der Waals surface area contributed by atoms with E-state index >= 15 is 0 Å². The van der Waals surface area contributed by atoms with Crippen LogP contribution < -0.4 is 10.2 Å². The van der Waals surface area contributed by atoms with Gasteiger partial charge in [-0.1, -0.05) is 36.4 Å². The predicted octanol–water partition coefficient (Wildman–Crippen LogP) is 4.71. The first-order valence-corrected chi connectivity index (χ1v) is 11.0. The number of aromatic nitrogens is 1. The van der Waals surface area contributed by atoms with Gasteiger partial charge in [0.2, 0.25) is 0 Å². The third-order valence-corrected chi connectivity index (χ3v) is 6.91. The van der Waals surface area contributed by atoms with E-state index < -0.39 is 17.4 Å². The second kappa shape index (κ2) is 7.81. The lowest BCUT2D eigenvalue weighted by Gasteiger charge is -2.30. The van der Waals surface area contributed by atoms with E-state index in [4.69, 9.17) is 0 Å². The molecule has 30 heavy (non-hydrogen) atoms. The fraction of sp³-hybridized carbons (Fsp3) is 0.217. The molecule has 4 nitrogen and oxygen atoms in total. The molecule has 0 bridgehead atoms. The van der Waals surface area contributed by atoms with Crippen LogP contribution in [0.2, 0.25) is 0 Å². The molecule has 1 aliphatic heterocycles. The molecular formula is C23H21F2N3OS. The van der Waals surface area contributed by atoms with E-state index in [1.54, 1.807) is 12.1 Å². The zero-order chi connectivity index (χ0) is 20.7. The Hall–Kier alpha value is -2.77. The average Bonchev–Trinajstić information content (AvgIpc) is 3.19. The number of anilines is 1. The molecule has 1 saturated heterocycles. The zero-order valence-corrected chi connectivity index (χ0v) is 17.0. The molecule has 0 amide bonds. The summed E-state index contributed by atoms with van der Waals surface area (Å²) in [6.07, 6.45) is -1.29. The summed E-state index contributed by atoms with van der Waals surface area (Å²) in [6.45, 7) is 3.12. The molecule has 0 saturated carbocycles. The number of nitrogens with one attached hydrogen (secondary N) is 1. The van der Waals surface area contributed by atoms with E-state index in [-0.39, 0.29) is 5.56 Å². The van der Waals surface area contributed by atoms with Crippen molar-refractivity contribution < 1.29 is 13.0 Å². The van der Waals surface area contributed by atoms with E-state index in [0.29, 0.717) is 15.8 Å². The molecule has 7 heteroatoms. The highest BCUT2D eigenvalue weighted by Gasteiger charge is 2.24. The topological polar surface area (TPSA) is 37.3 Å². The van der Waals surface area contributed by atoms with Gasteiger partial charge in [-0.05, 0) is 35.0 Å². The Balaban J connectivity index is 1.66. The van der Waals surface area contributed by atoms with Crippen LogP contribution in [-0.4, -0.2) is 34.4 Å². The molecule has 2 heterocycles. The highest BCUT2D eigenvalue weighted by molar-refractivity contribution is 7.83. The fourth-order valence-electron chi connectivity index (χ4n) is 4.13. The number of halogens is 2.